The number of nitrogens with one attached hydrogen (secondary N) is 1. The molecule has 0 atom stereocenters. The van der Waals surface area contributed by atoms with Crippen molar-refractivity contribution in [1.82, 2.24) is 20.3 Å². The van der Waals surface area contributed by atoms with Crippen molar-refractivity contribution in [1.29, 1.82) is 0 Å². The van der Waals surface area contributed by atoms with Gasteiger partial charge in [-0.1, -0.05) is 41.6 Å². The van der Waals surface area contributed by atoms with Crippen LogP contribution in [0.4, 0.5) is 0 Å². The largest absolute Gasteiger partial charge is 0.361 e. The monoisotopic (exact) mass is 519 g/mol. The van der Waals surface area contributed by atoms with Crippen LogP contribution in [0.25, 0.3) is 10.8 Å². The van der Waals surface area contributed by atoms with Crippen molar-refractivity contribution in [3.8, 4) is 0 Å². The van der Waals surface area contributed by atoms with Crippen LogP contribution >= 0.6 is 24.0 Å². The van der Waals surface area contributed by atoms with Crippen LogP contribution in [0.5, 0.6) is 0 Å². The molecule has 4 rings (SSSR count). The lowest BCUT2D eigenvalue weighted by Gasteiger charge is -2.36. The third-order valence-corrected chi connectivity index (χ3v) is 5.29. The second kappa shape index (κ2) is 10.8. The average Bonchev–Trinajstić information content (AvgIpc) is 3.16. The summed E-state index contributed by atoms with van der Waals surface area (Å²) in [6.45, 7) is 10.4. The van der Waals surface area contributed by atoms with Crippen molar-refractivity contribution in [2.45, 2.75) is 26.9 Å². The molecule has 0 saturated carbocycles. The number of guanidine groups is 1. The molecule has 2 aromatic carbocycles. The first-order valence-corrected chi connectivity index (χ1v) is 10.4. The van der Waals surface area contributed by atoms with Crippen LogP contribution in [0.3, 0.4) is 0 Å². The minimum absolute atomic E-state index is 0. The molecule has 0 spiro atoms. The van der Waals surface area contributed by atoms with Gasteiger partial charge in [0, 0.05) is 45.3 Å². The van der Waals surface area contributed by atoms with Crippen molar-refractivity contribution >= 4 is 40.7 Å². The Labute approximate surface area is 195 Å². The molecule has 30 heavy (non-hydrogen) atoms. The SMILES string of the molecule is CCNC(=NCc1ccc2ccccc2c1)N1CCN(Cc2cc(C)on2)CC1.I. The molecule has 0 bridgehead atoms. The topological polar surface area (TPSA) is 56.9 Å². The lowest BCUT2D eigenvalue weighted by molar-refractivity contribution is 0.169. The van der Waals surface area contributed by atoms with Crippen molar-refractivity contribution in [2.75, 3.05) is 32.7 Å². The molecule has 0 aliphatic carbocycles. The van der Waals surface area contributed by atoms with E-state index >= 15 is 0 Å². The Bertz CT molecular complexity index is 978. The average molecular weight is 519 g/mol. The van der Waals surface area contributed by atoms with E-state index in [0.29, 0.717) is 6.54 Å². The summed E-state index contributed by atoms with van der Waals surface area (Å²) in [7, 11) is 0. The number of rotatable bonds is 5. The number of benzene rings is 2. The molecule has 1 aromatic heterocycles. The third-order valence-electron chi connectivity index (χ3n) is 5.29. The summed E-state index contributed by atoms with van der Waals surface area (Å²) < 4.78 is 5.18. The summed E-state index contributed by atoms with van der Waals surface area (Å²) in [5, 5.41) is 10.1. The van der Waals surface area contributed by atoms with E-state index in [0.717, 1.165) is 56.7 Å². The van der Waals surface area contributed by atoms with Gasteiger partial charge in [0.2, 0.25) is 0 Å². The Morgan fingerprint density at radius 2 is 1.83 bits per heavy atom. The van der Waals surface area contributed by atoms with Crippen molar-refractivity contribution in [3.05, 3.63) is 65.5 Å². The maximum Gasteiger partial charge on any atom is 0.194 e. The van der Waals surface area contributed by atoms with Gasteiger partial charge >= 0.3 is 0 Å². The molecule has 1 aliphatic rings. The quantitative estimate of drug-likeness (QED) is 0.314. The summed E-state index contributed by atoms with van der Waals surface area (Å²) in [6.07, 6.45) is 0. The lowest BCUT2D eigenvalue weighted by Crippen LogP contribution is -2.52. The molecule has 1 aliphatic heterocycles. The summed E-state index contributed by atoms with van der Waals surface area (Å²) in [5.74, 6) is 1.87. The van der Waals surface area contributed by atoms with Crippen molar-refractivity contribution < 1.29 is 4.52 Å². The third kappa shape index (κ3) is 5.72. The fourth-order valence-corrected chi connectivity index (χ4v) is 3.77. The Hall–Kier alpha value is -2.13. The normalized spacial score (nSPS) is 15.3. The first kappa shape index (κ1) is 22.6. The summed E-state index contributed by atoms with van der Waals surface area (Å²) in [5.41, 5.74) is 2.24. The number of hydrogen-bond donors (Lipinski definition) is 1. The highest BCUT2D eigenvalue weighted by atomic mass is 127. The van der Waals surface area contributed by atoms with E-state index in [4.69, 9.17) is 9.52 Å². The van der Waals surface area contributed by atoms with E-state index in [-0.39, 0.29) is 24.0 Å². The molecule has 160 valence electrons. The number of piperazine rings is 1. The van der Waals surface area contributed by atoms with Gasteiger partial charge in [0.1, 0.15) is 5.76 Å². The van der Waals surface area contributed by atoms with Crippen molar-refractivity contribution in [2.24, 2.45) is 4.99 Å². The molecule has 1 saturated heterocycles. The number of aromatic nitrogens is 1. The van der Waals surface area contributed by atoms with Gasteiger partial charge in [-0.25, -0.2) is 4.99 Å². The van der Waals surface area contributed by atoms with E-state index in [1.54, 1.807) is 0 Å². The molecule has 1 N–H and O–H groups in total. The van der Waals surface area contributed by atoms with E-state index in [1.165, 1.54) is 16.3 Å². The van der Waals surface area contributed by atoms with Crippen LogP contribution in [0.2, 0.25) is 0 Å². The van der Waals surface area contributed by atoms with E-state index < -0.39 is 0 Å². The smallest absolute Gasteiger partial charge is 0.194 e. The number of hydrogen-bond acceptors (Lipinski definition) is 4. The highest BCUT2D eigenvalue weighted by molar-refractivity contribution is 14.0. The minimum atomic E-state index is 0. The molecular formula is C23H30IN5O. The molecule has 1 fully saturated rings. The van der Waals surface area contributed by atoms with Gasteiger partial charge in [0.25, 0.3) is 0 Å². The number of halogens is 1. The first-order chi connectivity index (χ1) is 14.2. The van der Waals surface area contributed by atoms with Gasteiger partial charge in [-0.2, -0.15) is 0 Å². The molecule has 0 amide bonds. The van der Waals surface area contributed by atoms with E-state index in [9.17, 15) is 0 Å². The number of aryl methyl sites for hydroxylation is 1. The van der Waals surface area contributed by atoms with Crippen molar-refractivity contribution in [3.63, 3.8) is 0 Å². The maximum absolute atomic E-state index is 5.18. The second-order valence-corrected chi connectivity index (χ2v) is 7.54. The Balaban J connectivity index is 0.00000256. The molecule has 0 unspecified atom stereocenters. The van der Waals surface area contributed by atoms with Gasteiger partial charge < -0.3 is 14.7 Å². The number of fused-ring (bicyclic) bond motifs is 1. The van der Waals surface area contributed by atoms with Crippen LogP contribution in [-0.4, -0.2) is 53.6 Å². The van der Waals surface area contributed by atoms with Gasteiger partial charge in [0.15, 0.2) is 5.96 Å². The molecular weight excluding hydrogens is 489 g/mol. The number of nitrogens with zero attached hydrogens (tertiary/aromatic N) is 4. The summed E-state index contributed by atoms with van der Waals surface area (Å²) in [4.78, 5) is 9.69. The molecule has 7 heteroatoms. The van der Waals surface area contributed by atoms with Crippen LogP contribution < -0.4 is 5.32 Å². The Morgan fingerprint density at radius 1 is 1.07 bits per heavy atom. The highest BCUT2D eigenvalue weighted by Crippen LogP contribution is 2.16. The molecule has 6 nitrogen and oxygen atoms in total. The van der Waals surface area contributed by atoms with Crippen LogP contribution in [0.1, 0.15) is 23.9 Å². The molecule has 2 heterocycles. The van der Waals surface area contributed by atoms with E-state index in [2.05, 4.69) is 69.7 Å². The maximum atomic E-state index is 5.18. The zero-order valence-corrected chi connectivity index (χ0v) is 20.0. The van der Waals surface area contributed by atoms with Crippen LogP contribution in [0.15, 0.2) is 58.0 Å². The second-order valence-electron chi connectivity index (χ2n) is 7.54. The van der Waals surface area contributed by atoms with Gasteiger partial charge in [-0.3, -0.25) is 4.90 Å². The van der Waals surface area contributed by atoms with Gasteiger partial charge in [0.05, 0.1) is 12.2 Å². The zero-order chi connectivity index (χ0) is 20.1. The van der Waals surface area contributed by atoms with E-state index in [1.807, 2.05) is 13.0 Å². The Kier molecular flexibility index (Phi) is 8.09. The zero-order valence-electron chi connectivity index (χ0n) is 17.7. The minimum Gasteiger partial charge on any atom is -0.361 e. The fraction of sp³-hybridized carbons (Fsp3) is 0.391. The summed E-state index contributed by atoms with van der Waals surface area (Å²) in [6, 6.07) is 17.1. The predicted molar refractivity (Wildman–Crippen MR) is 132 cm³/mol. The fourth-order valence-electron chi connectivity index (χ4n) is 3.77. The number of aliphatic imine (C=N–C) groups is 1. The summed E-state index contributed by atoms with van der Waals surface area (Å²) >= 11 is 0. The molecule has 0 radical (unpaired) electrons. The standard InChI is InChI=1S/C23H29N5O.HI/c1-3-24-23(25-16-19-8-9-20-6-4-5-7-21(20)15-19)28-12-10-27(11-13-28)17-22-14-18(2)29-26-22;/h4-9,14-15H,3,10-13,16-17H2,1-2H3,(H,24,25);1H. The first-order valence-electron chi connectivity index (χ1n) is 10.4. The van der Waals surface area contributed by atoms with Gasteiger partial charge in [-0.15, -0.1) is 24.0 Å². The molecule has 3 aromatic rings. The predicted octanol–water partition coefficient (Wildman–Crippen LogP) is 4.04. The Morgan fingerprint density at radius 3 is 2.53 bits per heavy atom. The van der Waals surface area contributed by atoms with Crippen LogP contribution in [0, 0.1) is 6.92 Å². The lowest BCUT2D eigenvalue weighted by atomic mass is 10.1. The highest BCUT2D eigenvalue weighted by Gasteiger charge is 2.20. The van der Waals surface area contributed by atoms with Crippen LogP contribution in [-0.2, 0) is 13.1 Å². The van der Waals surface area contributed by atoms with Gasteiger partial charge in [-0.05, 0) is 36.2 Å².